The van der Waals surface area contributed by atoms with Crippen LogP contribution in [-0.2, 0) is 11.2 Å². The Bertz CT molecular complexity index is 841. The molecule has 6 nitrogen and oxygen atoms in total. The number of benzene rings is 1. The van der Waals surface area contributed by atoms with Gasteiger partial charge in [0.2, 0.25) is 5.91 Å². The predicted molar refractivity (Wildman–Crippen MR) is 93.6 cm³/mol. The van der Waals surface area contributed by atoms with E-state index in [1.807, 2.05) is 64.4 Å². The van der Waals surface area contributed by atoms with Crippen LogP contribution in [0.25, 0.3) is 11.3 Å². The normalized spacial score (nSPS) is 14.3. The Labute approximate surface area is 146 Å². The van der Waals surface area contributed by atoms with Crippen molar-refractivity contribution in [3.05, 3.63) is 66.6 Å². The van der Waals surface area contributed by atoms with Crippen molar-refractivity contribution >= 4 is 5.91 Å². The Hall–Kier alpha value is -3.02. The second-order valence-corrected chi connectivity index (χ2v) is 6.26. The summed E-state index contributed by atoms with van der Waals surface area (Å²) in [4.78, 5) is 18.2. The summed E-state index contributed by atoms with van der Waals surface area (Å²) in [5.41, 5.74) is 3.01. The fourth-order valence-electron chi connectivity index (χ4n) is 2.98. The quantitative estimate of drug-likeness (QED) is 0.719. The average Bonchev–Trinajstić information content (AvgIpc) is 3.10. The molecule has 126 valence electrons. The third-order valence-corrected chi connectivity index (χ3v) is 4.52. The largest absolute Gasteiger partial charge is 0.338 e. The van der Waals surface area contributed by atoms with E-state index in [1.165, 1.54) is 0 Å². The fraction of sp³-hybridized carbons (Fsp3) is 0.263. The van der Waals surface area contributed by atoms with E-state index in [2.05, 4.69) is 15.3 Å². The zero-order chi connectivity index (χ0) is 17.1. The number of pyridine rings is 1. The lowest BCUT2D eigenvalue weighted by Gasteiger charge is -2.39. The molecule has 0 unspecified atom stereocenters. The van der Waals surface area contributed by atoms with Crippen LogP contribution in [0.2, 0.25) is 0 Å². The molecule has 3 heterocycles. The smallest absolute Gasteiger partial charge is 0.223 e. The number of hydrogen-bond donors (Lipinski definition) is 0. The van der Waals surface area contributed by atoms with Gasteiger partial charge < -0.3 is 4.90 Å². The average molecular weight is 333 g/mol. The summed E-state index contributed by atoms with van der Waals surface area (Å²) in [5, 5.41) is 8.46. The van der Waals surface area contributed by atoms with E-state index >= 15 is 0 Å². The van der Waals surface area contributed by atoms with Crippen molar-refractivity contribution in [3.63, 3.8) is 0 Å². The van der Waals surface area contributed by atoms with Crippen LogP contribution >= 0.6 is 0 Å². The summed E-state index contributed by atoms with van der Waals surface area (Å²) in [5.74, 6) is 0.184. The van der Waals surface area contributed by atoms with Gasteiger partial charge in [0, 0.05) is 37.5 Å². The molecule has 0 spiro atoms. The SMILES string of the molecule is O=C(CCc1cccnc1)N1CC(n2cc(-c3ccccc3)nn2)C1. The van der Waals surface area contributed by atoms with Gasteiger partial charge in [0.05, 0.1) is 12.2 Å². The molecule has 0 radical (unpaired) electrons. The number of carbonyl (C=O) groups is 1. The molecular weight excluding hydrogens is 314 g/mol. The maximum atomic E-state index is 12.3. The highest BCUT2D eigenvalue weighted by Gasteiger charge is 2.32. The number of carbonyl (C=O) groups excluding carboxylic acids is 1. The number of hydrogen-bond acceptors (Lipinski definition) is 4. The Kier molecular flexibility index (Phi) is 4.24. The second kappa shape index (κ2) is 6.84. The Morgan fingerprint density at radius 1 is 1.12 bits per heavy atom. The molecule has 4 rings (SSSR count). The lowest BCUT2D eigenvalue weighted by atomic mass is 10.1. The van der Waals surface area contributed by atoms with E-state index in [4.69, 9.17) is 0 Å². The molecule has 0 bridgehead atoms. The molecule has 1 aliphatic rings. The van der Waals surface area contributed by atoms with Gasteiger partial charge in [-0.3, -0.25) is 9.78 Å². The summed E-state index contributed by atoms with van der Waals surface area (Å²) in [7, 11) is 0. The molecule has 1 amide bonds. The molecule has 2 aromatic heterocycles. The molecule has 25 heavy (non-hydrogen) atoms. The van der Waals surface area contributed by atoms with E-state index in [0.717, 1.165) is 23.2 Å². The van der Waals surface area contributed by atoms with Gasteiger partial charge in [0.15, 0.2) is 0 Å². The highest BCUT2D eigenvalue weighted by Crippen LogP contribution is 2.24. The van der Waals surface area contributed by atoms with Crippen LogP contribution in [0.4, 0.5) is 0 Å². The van der Waals surface area contributed by atoms with Crippen molar-refractivity contribution in [1.29, 1.82) is 0 Å². The standard InChI is InChI=1S/C19H19N5O/c25-19(9-8-15-5-4-10-20-11-15)23-12-17(13-23)24-14-18(21-22-24)16-6-2-1-3-7-16/h1-7,10-11,14,17H,8-9,12-13H2. The van der Waals surface area contributed by atoms with Crippen LogP contribution < -0.4 is 0 Å². The van der Waals surface area contributed by atoms with Gasteiger partial charge in [-0.1, -0.05) is 41.6 Å². The van der Waals surface area contributed by atoms with Gasteiger partial charge in [-0.25, -0.2) is 4.68 Å². The molecule has 1 aliphatic heterocycles. The van der Waals surface area contributed by atoms with Crippen molar-refractivity contribution in [2.24, 2.45) is 0 Å². The molecule has 0 N–H and O–H groups in total. The van der Waals surface area contributed by atoms with Crippen molar-refractivity contribution in [2.75, 3.05) is 13.1 Å². The van der Waals surface area contributed by atoms with E-state index in [1.54, 1.807) is 6.20 Å². The molecule has 0 saturated carbocycles. The number of amides is 1. The zero-order valence-corrected chi connectivity index (χ0v) is 13.8. The Morgan fingerprint density at radius 2 is 1.96 bits per heavy atom. The first-order chi connectivity index (χ1) is 12.3. The summed E-state index contributed by atoms with van der Waals surface area (Å²) < 4.78 is 1.87. The molecule has 1 saturated heterocycles. The van der Waals surface area contributed by atoms with E-state index in [-0.39, 0.29) is 11.9 Å². The van der Waals surface area contributed by atoms with Crippen molar-refractivity contribution in [3.8, 4) is 11.3 Å². The van der Waals surface area contributed by atoms with Gasteiger partial charge in [-0.2, -0.15) is 0 Å². The molecule has 3 aromatic rings. The van der Waals surface area contributed by atoms with Crippen LogP contribution in [0.5, 0.6) is 0 Å². The summed E-state index contributed by atoms with van der Waals surface area (Å²) in [6, 6.07) is 14.1. The maximum Gasteiger partial charge on any atom is 0.223 e. The number of nitrogens with zero attached hydrogens (tertiary/aromatic N) is 5. The predicted octanol–water partition coefficient (Wildman–Crippen LogP) is 2.36. The molecule has 0 atom stereocenters. The molecular formula is C19H19N5O. The first-order valence-electron chi connectivity index (χ1n) is 8.43. The van der Waals surface area contributed by atoms with Gasteiger partial charge in [-0.15, -0.1) is 5.10 Å². The number of aromatic nitrogens is 4. The van der Waals surface area contributed by atoms with E-state index < -0.39 is 0 Å². The van der Waals surface area contributed by atoms with Crippen molar-refractivity contribution in [1.82, 2.24) is 24.9 Å². The number of aryl methyl sites for hydroxylation is 1. The lowest BCUT2D eigenvalue weighted by Crippen LogP contribution is -2.50. The van der Waals surface area contributed by atoms with Crippen molar-refractivity contribution in [2.45, 2.75) is 18.9 Å². The highest BCUT2D eigenvalue weighted by molar-refractivity contribution is 5.77. The first-order valence-corrected chi connectivity index (χ1v) is 8.43. The summed E-state index contributed by atoms with van der Waals surface area (Å²) >= 11 is 0. The van der Waals surface area contributed by atoms with E-state index in [9.17, 15) is 4.79 Å². The molecule has 1 fully saturated rings. The fourth-order valence-corrected chi connectivity index (χ4v) is 2.98. The molecule has 1 aromatic carbocycles. The first kappa shape index (κ1) is 15.5. The van der Waals surface area contributed by atoms with Gasteiger partial charge in [0.1, 0.15) is 5.69 Å². The summed E-state index contributed by atoms with van der Waals surface area (Å²) in [6.07, 6.45) is 6.76. The van der Waals surface area contributed by atoms with E-state index in [0.29, 0.717) is 19.5 Å². The zero-order valence-electron chi connectivity index (χ0n) is 13.8. The van der Waals surface area contributed by atoms with Gasteiger partial charge in [-0.05, 0) is 18.1 Å². The van der Waals surface area contributed by atoms with Crippen LogP contribution in [0.3, 0.4) is 0 Å². The number of likely N-dealkylation sites (tertiary alicyclic amines) is 1. The minimum Gasteiger partial charge on any atom is -0.338 e. The van der Waals surface area contributed by atoms with Gasteiger partial charge in [0.25, 0.3) is 0 Å². The lowest BCUT2D eigenvalue weighted by molar-refractivity contribution is -0.137. The third-order valence-electron chi connectivity index (χ3n) is 4.52. The van der Waals surface area contributed by atoms with Crippen LogP contribution in [0, 0.1) is 0 Å². The molecule has 6 heteroatoms. The minimum absolute atomic E-state index is 0.184. The van der Waals surface area contributed by atoms with Crippen molar-refractivity contribution < 1.29 is 4.79 Å². The molecule has 0 aliphatic carbocycles. The second-order valence-electron chi connectivity index (χ2n) is 6.26. The maximum absolute atomic E-state index is 12.3. The van der Waals surface area contributed by atoms with Gasteiger partial charge >= 0.3 is 0 Å². The highest BCUT2D eigenvalue weighted by atomic mass is 16.2. The van der Waals surface area contributed by atoms with Crippen LogP contribution in [0.15, 0.2) is 61.1 Å². The summed E-state index contributed by atoms with van der Waals surface area (Å²) in [6.45, 7) is 1.40. The Morgan fingerprint density at radius 3 is 2.72 bits per heavy atom. The third kappa shape index (κ3) is 3.42. The number of rotatable bonds is 5. The monoisotopic (exact) mass is 333 g/mol. The Balaban J connectivity index is 1.30. The van der Waals surface area contributed by atoms with Crippen LogP contribution in [0.1, 0.15) is 18.0 Å². The van der Waals surface area contributed by atoms with Crippen LogP contribution in [-0.4, -0.2) is 43.9 Å². The minimum atomic E-state index is 0.184. The topological polar surface area (TPSA) is 63.9 Å².